The number of amides is 1. The van der Waals surface area contributed by atoms with Crippen molar-refractivity contribution in [3.8, 4) is 5.88 Å². The van der Waals surface area contributed by atoms with Crippen LogP contribution >= 0.6 is 11.3 Å². The molecule has 0 atom stereocenters. The van der Waals surface area contributed by atoms with Gasteiger partial charge in [0.15, 0.2) is 5.82 Å². The lowest BCUT2D eigenvalue weighted by Crippen LogP contribution is -2.32. The number of nitrogens with zero attached hydrogens (tertiary/aromatic N) is 3. The molecular formula is C21H23N3O3S. The lowest BCUT2D eigenvalue weighted by atomic mass is 10.1. The van der Waals surface area contributed by atoms with Crippen molar-refractivity contribution in [2.45, 2.75) is 39.0 Å². The first-order valence-electron chi connectivity index (χ1n) is 9.30. The standard InChI is InChI=1S/C21H23N3O3S/c1-13-17-19(27-3)22-16(12-26-2)23-20(17)28-18(13)21(25)24(15-9-10-15)11-14-7-5-4-6-8-14/h4-8,15H,9-12H2,1-3H3. The Hall–Kier alpha value is -2.51. The number of aromatic nitrogens is 2. The first kappa shape index (κ1) is 18.8. The summed E-state index contributed by atoms with van der Waals surface area (Å²) in [5.74, 6) is 1.10. The van der Waals surface area contributed by atoms with Crippen LogP contribution in [0.15, 0.2) is 30.3 Å². The number of hydrogen-bond donors (Lipinski definition) is 0. The Morgan fingerprint density at radius 3 is 2.61 bits per heavy atom. The smallest absolute Gasteiger partial charge is 0.264 e. The summed E-state index contributed by atoms with van der Waals surface area (Å²) in [4.78, 5) is 25.9. The second-order valence-corrected chi connectivity index (χ2v) is 7.97. The van der Waals surface area contributed by atoms with Gasteiger partial charge < -0.3 is 14.4 Å². The molecule has 1 amide bonds. The van der Waals surface area contributed by atoms with Gasteiger partial charge in [-0.25, -0.2) is 4.98 Å². The predicted molar refractivity (Wildman–Crippen MR) is 109 cm³/mol. The van der Waals surface area contributed by atoms with Crippen LogP contribution in [0, 0.1) is 6.92 Å². The fourth-order valence-corrected chi connectivity index (χ4v) is 4.50. The Kier molecular flexibility index (Phi) is 5.28. The lowest BCUT2D eigenvalue weighted by molar-refractivity contribution is 0.0734. The van der Waals surface area contributed by atoms with Gasteiger partial charge in [0.05, 0.1) is 17.4 Å². The normalized spacial score (nSPS) is 13.7. The minimum Gasteiger partial charge on any atom is -0.480 e. The number of hydrogen-bond acceptors (Lipinski definition) is 6. The van der Waals surface area contributed by atoms with Gasteiger partial charge in [-0.05, 0) is 30.9 Å². The molecule has 1 aliphatic rings. The third-order valence-corrected chi connectivity index (χ3v) is 6.08. The van der Waals surface area contributed by atoms with Crippen LogP contribution in [0.3, 0.4) is 0 Å². The van der Waals surface area contributed by atoms with Gasteiger partial charge in [-0.15, -0.1) is 11.3 Å². The molecule has 0 spiro atoms. The molecule has 146 valence electrons. The number of carbonyl (C=O) groups excluding carboxylic acids is 1. The van der Waals surface area contributed by atoms with Crippen molar-refractivity contribution in [3.63, 3.8) is 0 Å². The Labute approximate surface area is 168 Å². The van der Waals surface area contributed by atoms with Gasteiger partial charge in [0, 0.05) is 19.7 Å². The average molecular weight is 398 g/mol. The van der Waals surface area contributed by atoms with E-state index in [4.69, 9.17) is 9.47 Å². The fraction of sp³-hybridized carbons (Fsp3) is 0.381. The van der Waals surface area contributed by atoms with Crippen molar-refractivity contribution in [2.75, 3.05) is 14.2 Å². The molecule has 2 aromatic heterocycles. The molecule has 28 heavy (non-hydrogen) atoms. The summed E-state index contributed by atoms with van der Waals surface area (Å²) in [6, 6.07) is 10.4. The number of rotatable bonds is 7. The largest absolute Gasteiger partial charge is 0.480 e. The van der Waals surface area contributed by atoms with E-state index in [9.17, 15) is 4.79 Å². The molecule has 0 unspecified atom stereocenters. The van der Waals surface area contributed by atoms with Crippen LogP contribution in [-0.4, -0.2) is 41.0 Å². The molecule has 1 aliphatic carbocycles. The molecule has 1 fully saturated rings. The van der Waals surface area contributed by atoms with E-state index in [2.05, 4.69) is 22.1 Å². The molecule has 2 heterocycles. The average Bonchev–Trinajstić information content (AvgIpc) is 3.50. The molecule has 0 bridgehead atoms. The van der Waals surface area contributed by atoms with E-state index in [0.717, 1.165) is 34.2 Å². The summed E-state index contributed by atoms with van der Waals surface area (Å²) in [6.45, 7) is 2.87. The molecule has 0 saturated heterocycles. The molecule has 3 aromatic rings. The first-order chi connectivity index (χ1) is 13.6. The minimum absolute atomic E-state index is 0.0576. The maximum atomic E-state index is 13.5. The number of carbonyl (C=O) groups is 1. The predicted octanol–water partition coefficient (Wildman–Crippen LogP) is 3.96. The molecule has 1 aromatic carbocycles. The maximum absolute atomic E-state index is 13.5. The van der Waals surface area contributed by atoms with Crippen LogP contribution in [0.5, 0.6) is 5.88 Å². The number of fused-ring (bicyclic) bond motifs is 1. The van der Waals surface area contributed by atoms with Gasteiger partial charge in [0.2, 0.25) is 5.88 Å². The molecule has 0 N–H and O–H groups in total. The highest BCUT2D eigenvalue weighted by Gasteiger charge is 2.35. The minimum atomic E-state index is 0.0576. The zero-order valence-corrected chi connectivity index (χ0v) is 17.1. The molecule has 6 nitrogen and oxygen atoms in total. The van der Waals surface area contributed by atoms with Crippen LogP contribution in [0.4, 0.5) is 0 Å². The SMILES string of the molecule is COCc1nc(OC)c2c(C)c(C(=O)N(Cc3ccccc3)C3CC3)sc2n1. The van der Waals surface area contributed by atoms with E-state index in [1.165, 1.54) is 11.3 Å². The number of ether oxygens (including phenoxy) is 2. The molecule has 1 saturated carbocycles. The van der Waals surface area contributed by atoms with E-state index in [0.29, 0.717) is 35.8 Å². The van der Waals surface area contributed by atoms with Gasteiger partial charge in [-0.2, -0.15) is 4.98 Å². The van der Waals surface area contributed by atoms with Gasteiger partial charge >= 0.3 is 0 Å². The topological polar surface area (TPSA) is 64.6 Å². The lowest BCUT2D eigenvalue weighted by Gasteiger charge is -2.22. The number of methoxy groups -OCH3 is 2. The maximum Gasteiger partial charge on any atom is 0.264 e. The van der Waals surface area contributed by atoms with Gasteiger partial charge in [0.25, 0.3) is 5.91 Å². The summed E-state index contributed by atoms with van der Waals surface area (Å²) in [5.41, 5.74) is 2.02. The zero-order valence-electron chi connectivity index (χ0n) is 16.3. The Balaban J connectivity index is 1.72. The first-order valence-corrected chi connectivity index (χ1v) is 10.1. The van der Waals surface area contributed by atoms with E-state index in [-0.39, 0.29) is 5.91 Å². The fourth-order valence-electron chi connectivity index (χ4n) is 3.35. The highest BCUT2D eigenvalue weighted by Crippen LogP contribution is 2.38. The molecule has 7 heteroatoms. The summed E-state index contributed by atoms with van der Waals surface area (Å²) < 4.78 is 10.6. The van der Waals surface area contributed by atoms with Crippen LogP contribution in [0.2, 0.25) is 0 Å². The third-order valence-electron chi connectivity index (χ3n) is 4.91. The zero-order chi connectivity index (χ0) is 19.7. The van der Waals surface area contributed by atoms with Crippen molar-refractivity contribution in [3.05, 3.63) is 52.2 Å². The second-order valence-electron chi connectivity index (χ2n) is 6.97. The Morgan fingerprint density at radius 2 is 1.96 bits per heavy atom. The molecule has 0 aliphatic heterocycles. The van der Waals surface area contributed by atoms with Crippen molar-refractivity contribution in [1.29, 1.82) is 0 Å². The quantitative estimate of drug-likeness (QED) is 0.604. The molecular weight excluding hydrogens is 374 g/mol. The Morgan fingerprint density at radius 1 is 1.21 bits per heavy atom. The molecule has 4 rings (SSSR count). The Bertz CT molecular complexity index is 999. The van der Waals surface area contributed by atoms with E-state index < -0.39 is 0 Å². The number of benzene rings is 1. The van der Waals surface area contributed by atoms with Crippen LogP contribution in [-0.2, 0) is 17.9 Å². The highest BCUT2D eigenvalue weighted by atomic mass is 32.1. The van der Waals surface area contributed by atoms with Crippen LogP contribution < -0.4 is 4.74 Å². The summed E-state index contributed by atoms with van der Waals surface area (Å²) in [7, 11) is 3.19. The number of aryl methyl sites for hydroxylation is 1. The summed E-state index contributed by atoms with van der Waals surface area (Å²) >= 11 is 1.41. The van der Waals surface area contributed by atoms with Crippen molar-refractivity contribution >= 4 is 27.5 Å². The van der Waals surface area contributed by atoms with E-state index >= 15 is 0 Å². The summed E-state index contributed by atoms with van der Waals surface area (Å²) in [5, 5.41) is 0.811. The van der Waals surface area contributed by atoms with E-state index in [1.807, 2.05) is 30.0 Å². The summed E-state index contributed by atoms with van der Waals surface area (Å²) in [6.07, 6.45) is 2.12. The van der Waals surface area contributed by atoms with Gasteiger partial charge in [-0.3, -0.25) is 4.79 Å². The van der Waals surface area contributed by atoms with E-state index in [1.54, 1.807) is 14.2 Å². The second kappa shape index (κ2) is 7.85. The van der Waals surface area contributed by atoms with Crippen LogP contribution in [0.1, 0.15) is 39.5 Å². The van der Waals surface area contributed by atoms with Gasteiger partial charge in [0.1, 0.15) is 11.4 Å². The third kappa shape index (κ3) is 3.59. The van der Waals surface area contributed by atoms with Crippen molar-refractivity contribution in [1.82, 2.24) is 14.9 Å². The van der Waals surface area contributed by atoms with Crippen LogP contribution in [0.25, 0.3) is 10.2 Å². The number of thiophene rings is 1. The monoisotopic (exact) mass is 397 g/mol. The van der Waals surface area contributed by atoms with Gasteiger partial charge in [-0.1, -0.05) is 30.3 Å². The highest BCUT2D eigenvalue weighted by molar-refractivity contribution is 7.20. The van der Waals surface area contributed by atoms with Crippen molar-refractivity contribution in [2.24, 2.45) is 0 Å². The molecule has 0 radical (unpaired) electrons. The van der Waals surface area contributed by atoms with Crippen molar-refractivity contribution < 1.29 is 14.3 Å².